The Labute approximate surface area is 181 Å². The van der Waals surface area contributed by atoms with E-state index >= 15 is 0 Å². The Balaban J connectivity index is 1.56. The fraction of sp³-hybridized carbons (Fsp3) is 0.182. The third-order valence-corrected chi connectivity index (χ3v) is 5.15. The van der Waals surface area contributed by atoms with Crippen molar-refractivity contribution in [1.82, 2.24) is 24.8 Å². The summed E-state index contributed by atoms with van der Waals surface area (Å²) in [7, 11) is 0. The second-order valence-corrected chi connectivity index (χ2v) is 7.17. The Morgan fingerprint density at radius 1 is 1.16 bits per heavy atom. The number of anilines is 1. The zero-order valence-electron chi connectivity index (χ0n) is 16.8. The van der Waals surface area contributed by atoms with Crippen molar-refractivity contribution in [1.29, 1.82) is 0 Å². The molecule has 0 aliphatic carbocycles. The number of halogens is 2. The van der Waals surface area contributed by atoms with Gasteiger partial charge in [-0.3, -0.25) is 10.1 Å². The Bertz CT molecular complexity index is 1290. The number of nitrogens with zero attached hydrogens (tertiary/aromatic N) is 4. The summed E-state index contributed by atoms with van der Waals surface area (Å²) in [5, 5.41) is 6.14. The maximum absolute atomic E-state index is 13.0. The number of carbonyl (C=O) groups is 1. The average Bonchev–Trinajstić information content (AvgIpc) is 3.23. The fourth-order valence-electron chi connectivity index (χ4n) is 3.68. The van der Waals surface area contributed by atoms with Crippen LogP contribution >= 0.6 is 0 Å². The van der Waals surface area contributed by atoms with Gasteiger partial charge in [0.2, 0.25) is 11.8 Å². The van der Waals surface area contributed by atoms with Crippen LogP contribution in [-0.2, 0) is 13.1 Å². The van der Waals surface area contributed by atoms with Crippen molar-refractivity contribution in [3.05, 3.63) is 66.1 Å². The second-order valence-electron chi connectivity index (χ2n) is 7.17. The standard InChI is InChI=1S/C22H18F2N6O2/c23-21(24)32-20-15-7-6-14(17-11-26-18-12-25-8-9-30(17)18)10-16(15)27-22(29-20)28-19(31)13-4-2-1-3-5-13/h1-7,10-11,21,25H,8-9,12H2,(H,27,28,29,31). The van der Waals surface area contributed by atoms with E-state index in [1.807, 2.05) is 0 Å². The fourth-order valence-corrected chi connectivity index (χ4v) is 3.68. The van der Waals surface area contributed by atoms with Crippen molar-refractivity contribution in [2.75, 3.05) is 11.9 Å². The lowest BCUT2D eigenvalue weighted by molar-refractivity contribution is -0.0516. The number of hydrogen-bond acceptors (Lipinski definition) is 6. The Morgan fingerprint density at radius 2 is 2.00 bits per heavy atom. The molecule has 0 unspecified atom stereocenters. The number of imidazole rings is 1. The molecule has 2 N–H and O–H groups in total. The van der Waals surface area contributed by atoms with E-state index < -0.39 is 12.5 Å². The molecule has 162 valence electrons. The molecule has 3 heterocycles. The van der Waals surface area contributed by atoms with Crippen molar-refractivity contribution in [3.63, 3.8) is 0 Å². The number of ether oxygens (including phenoxy) is 1. The Hall–Kier alpha value is -3.92. The van der Waals surface area contributed by atoms with Gasteiger partial charge in [-0.2, -0.15) is 13.8 Å². The normalized spacial score (nSPS) is 13.2. The van der Waals surface area contributed by atoms with Crippen LogP contribution in [0, 0.1) is 0 Å². The molecular formula is C22H18F2N6O2. The largest absolute Gasteiger partial charge is 0.416 e. The van der Waals surface area contributed by atoms with Gasteiger partial charge in [0.25, 0.3) is 5.91 Å². The maximum atomic E-state index is 13.0. The van der Waals surface area contributed by atoms with Gasteiger partial charge in [-0.1, -0.05) is 24.3 Å². The van der Waals surface area contributed by atoms with Gasteiger partial charge in [-0.25, -0.2) is 9.97 Å². The lowest BCUT2D eigenvalue weighted by atomic mass is 10.1. The molecule has 2 aromatic heterocycles. The van der Waals surface area contributed by atoms with E-state index in [0.717, 1.165) is 30.2 Å². The summed E-state index contributed by atoms with van der Waals surface area (Å²) in [5.74, 6) is 0.0334. The summed E-state index contributed by atoms with van der Waals surface area (Å²) in [6.45, 7) is -0.795. The Kier molecular flexibility index (Phi) is 5.20. The van der Waals surface area contributed by atoms with Crippen LogP contribution in [0.25, 0.3) is 22.2 Å². The SMILES string of the molecule is O=C(Nc1nc(OC(F)F)c2ccc(-c3cnc4n3CCNC4)cc2n1)c1ccccc1. The van der Waals surface area contributed by atoms with E-state index in [-0.39, 0.29) is 11.8 Å². The van der Waals surface area contributed by atoms with Gasteiger partial charge >= 0.3 is 6.61 Å². The third-order valence-electron chi connectivity index (χ3n) is 5.15. The zero-order valence-corrected chi connectivity index (χ0v) is 16.8. The van der Waals surface area contributed by atoms with E-state index in [2.05, 4.69) is 34.9 Å². The number of hydrogen-bond donors (Lipinski definition) is 2. The minimum atomic E-state index is -3.07. The molecule has 8 nitrogen and oxygen atoms in total. The van der Waals surface area contributed by atoms with Crippen LogP contribution in [-0.4, -0.2) is 38.6 Å². The molecule has 0 spiro atoms. The number of carbonyl (C=O) groups excluding carboxylic acids is 1. The highest BCUT2D eigenvalue weighted by Gasteiger charge is 2.18. The van der Waals surface area contributed by atoms with E-state index in [9.17, 15) is 13.6 Å². The predicted octanol–water partition coefficient (Wildman–Crippen LogP) is 3.45. The summed E-state index contributed by atoms with van der Waals surface area (Å²) < 4.78 is 32.7. The maximum Gasteiger partial charge on any atom is 0.388 e. The van der Waals surface area contributed by atoms with Crippen LogP contribution in [0.1, 0.15) is 16.2 Å². The molecule has 5 rings (SSSR count). The quantitative estimate of drug-likeness (QED) is 0.498. The van der Waals surface area contributed by atoms with Crippen molar-refractivity contribution >= 4 is 22.8 Å². The van der Waals surface area contributed by atoms with Gasteiger partial charge in [0.15, 0.2) is 0 Å². The molecule has 0 saturated heterocycles. The number of benzene rings is 2. The number of rotatable bonds is 5. The van der Waals surface area contributed by atoms with Gasteiger partial charge < -0.3 is 14.6 Å². The number of aromatic nitrogens is 4. The van der Waals surface area contributed by atoms with Gasteiger partial charge in [0.1, 0.15) is 5.82 Å². The molecule has 1 aliphatic rings. The smallest absolute Gasteiger partial charge is 0.388 e. The van der Waals surface area contributed by atoms with Crippen LogP contribution in [0.15, 0.2) is 54.7 Å². The van der Waals surface area contributed by atoms with Crippen LogP contribution in [0.2, 0.25) is 0 Å². The monoisotopic (exact) mass is 436 g/mol. The second kappa shape index (κ2) is 8.31. The topological polar surface area (TPSA) is 94.0 Å². The van der Waals surface area contributed by atoms with E-state index in [1.54, 1.807) is 54.7 Å². The molecule has 2 aromatic carbocycles. The van der Waals surface area contributed by atoms with E-state index in [4.69, 9.17) is 0 Å². The number of amides is 1. The van der Waals surface area contributed by atoms with Gasteiger partial charge in [-0.15, -0.1) is 0 Å². The number of alkyl halides is 2. The van der Waals surface area contributed by atoms with Crippen LogP contribution < -0.4 is 15.4 Å². The first-order valence-electron chi connectivity index (χ1n) is 9.97. The van der Waals surface area contributed by atoms with Crippen molar-refractivity contribution in [2.24, 2.45) is 0 Å². The first-order valence-corrected chi connectivity index (χ1v) is 9.97. The summed E-state index contributed by atoms with van der Waals surface area (Å²) in [4.78, 5) is 25.3. The molecule has 0 radical (unpaired) electrons. The van der Waals surface area contributed by atoms with Crippen molar-refractivity contribution in [3.8, 4) is 17.1 Å². The van der Waals surface area contributed by atoms with Crippen LogP contribution in [0.4, 0.5) is 14.7 Å². The lowest BCUT2D eigenvalue weighted by Crippen LogP contribution is -2.28. The third kappa shape index (κ3) is 3.87. The molecule has 1 amide bonds. The van der Waals surface area contributed by atoms with Crippen LogP contribution in [0.3, 0.4) is 0 Å². The molecule has 32 heavy (non-hydrogen) atoms. The highest BCUT2D eigenvalue weighted by atomic mass is 19.3. The molecule has 0 atom stereocenters. The Morgan fingerprint density at radius 3 is 2.81 bits per heavy atom. The first-order chi connectivity index (χ1) is 15.6. The summed E-state index contributed by atoms with van der Waals surface area (Å²) in [6.07, 6.45) is 1.78. The molecule has 4 aromatic rings. The molecule has 0 bridgehead atoms. The van der Waals surface area contributed by atoms with E-state index in [0.29, 0.717) is 23.0 Å². The zero-order chi connectivity index (χ0) is 22.1. The van der Waals surface area contributed by atoms with Gasteiger partial charge in [-0.05, 0) is 24.3 Å². The number of nitrogens with one attached hydrogen (secondary N) is 2. The number of fused-ring (bicyclic) bond motifs is 2. The van der Waals surface area contributed by atoms with Crippen molar-refractivity contribution in [2.45, 2.75) is 19.7 Å². The first kappa shape index (κ1) is 20.0. The highest BCUT2D eigenvalue weighted by molar-refractivity contribution is 6.03. The average molecular weight is 436 g/mol. The highest BCUT2D eigenvalue weighted by Crippen LogP contribution is 2.30. The lowest BCUT2D eigenvalue weighted by Gasteiger charge is -2.18. The molecule has 0 saturated carbocycles. The predicted molar refractivity (Wildman–Crippen MR) is 113 cm³/mol. The molecular weight excluding hydrogens is 418 g/mol. The summed E-state index contributed by atoms with van der Waals surface area (Å²) >= 11 is 0. The molecule has 1 aliphatic heterocycles. The molecule has 10 heteroatoms. The minimum Gasteiger partial charge on any atom is -0.416 e. The summed E-state index contributed by atoms with van der Waals surface area (Å²) in [5.41, 5.74) is 2.47. The summed E-state index contributed by atoms with van der Waals surface area (Å²) in [6, 6.07) is 13.6. The van der Waals surface area contributed by atoms with Crippen LogP contribution in [0.5, 0.6) is 5.88 Å². The van der Waals surface area contributed by atoms with Gasteiger partial charge in [0.05, 0.1) is 29.3 Å². The molecule has 0 fully saturated rings. The minimum absolute atomic E-state index is 0.126. The van der Waals surface area contributed by atoms with E-state index in [1.165, 1.54) is 0 Å². The van der Waals surface area contributed by atoms with Crippen molar-refractivity contribution < 1.29 is 18.3 Å². The van der Waals surface area contributed by atoms with Gasteiger partial charge in [0, 0.05) is 24.2 Å².